The first-order valence-corrected chi connectivity index (χ1v) is 9.34. The van der Waals surface area contributed by atoms with Crippen LogP contribution in [0.3, 0.4) is 0 Å². The first kappa shape index (κ1) is 21.4. The van der Waals surface area contributed by atoms with Gasteiger partial charge in [0.05, 0.1) is 13.6 Å². The highest BCUT2D eigenvalue weighted by molar-refractivity contribution is 5.85. The smallest absolute Gasteiger partial charge is 0.348 e. The highest BCUT2D eigenvalue weighted by atomic mass is 35.5. The van der Waals surface area contributed by atoms with Crippen molar-refractivity contribution in [2.75, 3.05) is 27.3 Å². The van der Waals surface area contributed by atoms with Crippen molar-refractivity contribution < 1.29 is 31.6 Å². The maximum Gasteiger partial charge on any atom is 0.348 e. The third-order valence-corrected chi connectivity index (χ3v) is 5.44. The number of benzene rings is 2. The number of nitrogens with one attached hydrogen (secondary N) is 1. The number of hydrogen-bond acceptors (Lipinski definition) is 3. The second kappa shape index (κ2) is 9.88. The summed E-state index contributed by atoms with van der Waals surface area (Å²) in [5.74, 6) is -0.351. The Balaban J connectivity index is 0.00000261. The van der Waals surface area contributed by atoms with Crippen LogP contribution >= 0.6 is 0 Å². The van der Waals surface area contributed by atoms with Crippen molar-refractivity contribution in [3.8, 4) is 0 Å². The summed E-state index contributed by atoms with van der Waals surface area (Å²) in [7, 11) is 3.74. The second-order valence-corrected chi connectivity index (χ2v) is 7.00. The normalized spacial score (nSPS) is 19.8. The molecule has 3 rings (SSSR count). The van der Waals surface area contributed by atoms with Gasteiger partial charge in [0, 0.05) is 13.5 Å². The molecule has 1 aliphatic heterocycles. The quantitative estimate of drug-likeness (QED) is 0.657. The van der Waals surface area contributed by atoms with E-state index in [4.69, 9.17) is 9.47 Å². The molecule has 0 saturated carbocycles. The fourth-order valence-corrected chi connectivity index (χ4v) is 3.82. The van der Waals surface area contributed by atoms with Crippen molar-refractivity contribution >= 4 is 5.97 Å². The van der Waals surface area contributed by atoms with E-state index in [1.54, 1.807) is 7.11 Å². The summed E-state index contributed by atoms with van der Waals surface area (Å²) in [5.41, 5.74) is 0.316. The van der Waals surface area contributed by atoms with Crippen LogP contribution in [0.1, 0.15) is 30.4 Å². The van der Waals surface area contributed by atoms with Crippen LogP contribution in [0.15, 0.2) is 60.7 Å². The number of likely N-dealkylation sites (tertiary alicyclic amines) is 1. The molecule has 0 bridgehead atoms. The second-order valence-electron chi connectivity index (χ2n) is 7.00. The molecule has 27 heavy (non-hydrogen) atoms. The lowest BCUT2D eigenvalue weighted by molar-refractivity contribution is -0.911. The van der Waals surface area contributed by atoms with Gasteiger partial charge in [0.2, 0.25) is 5.60 Å². The molecule has 4 nitrogen and oxygen atoms in total. The Kier molecular flexibility index (Phi) is 7.84. The summed E-state index contributed by atoms with van der Waals surface area (Å²) in [6.07, 6.45) is 3.54. The van der Waals surface area contributed by atoms with Crippen molar-refractivity contribution in [1.29, 1.82) is 0 Å². The predicted octanol–water partition coefficient (Wildman–Crippen LogP) is -0.809. The predicted molar refractivity (Wildman–Crippen MR) is 101 cm³/mol. The van der Waals surface area contributed by atoms with Gasteiger partial charge < -0.3 is 26.8 Å². The Morgan fingerprint density at radius 1 is 1.04 bits per heavy atom. The van der Waals surface area contributed by atoms with E-state index in [0.717, 1.165) is 24.1 Å². The summed E-state index contributed by atoms with van der Waals surface area (Å²) >= 11 is 0. The van der Waals surface area contributed by atoms with Gasteiger partial charge in [-0.2, -0.15) is 0 Å². The molecule has 146 valence electrons. The number of methoxy groups -OCH3 is 1. The molecule has 2 atom stereocenters. The maximum atomic E-state index is 13.3. The molecule has 0 aromatic heterocycles. The van der Waals surface area contributed by atoms with E-state index in [0.29, 0.717) is 12.6 Å². The van der Waals surface area contributed by atoms with Crippen LogP contribution in [-0.4, -0.2) is 39.3 Å². The monoisotopic (exact) mass is 389 g/mol. The van der Waals surface area contributed by atoms with Gasteiger partial charge in [0.1, 0.15) is 12.6 Å². The van der Waals surface area contributed by atoms with Crippen LogP contribution in [-0.2, 0) is 19.9 Å². The van der Waals surface area contributed by atoms with Gasteiger partial charge in [-0.15, -0.1) is 0 Å². The average molecular weight is 390 g/mol. The Morgan fingerprint density at radius 3 is 2.07 bits per heavy atom. The van der Waals surface area contributed by atoms with Crippen LogP contribution in [0.4, 0.5) is 0 Å². The Morgan fingerprint density at radius 2 is 1.59 bits per heavy atom. The molecule has 2 aromatic carbocycles. The molecule has 1 fully saturated rings. The van der Waals surface area contributed by atoms with Gasteiger partial charge in [0.25, 0.3) is 0 Å². The first-order valence-electron chi connectivity index (χ1n) is 9.34. The molecule has 1 N–H and O–H groups in total. The van der Waals surface area contributed by atoms with Crippen molar-refractivity contribution in [3.63, 3.8) is 0 Å². The zero-order chi connectivity index (χ0) is 18.4. The third-order valence-electron chi connectivity index (χ3n) is 5.44. The standard InChI is InChI=1S/C22H27NO3.ClH/c1-23-16-10-9-15-20(23)17-26-21(24)22(25-2,18-11-5-3-6-12-18)19-13-7-4-8-14-19;/h3-8,11-14,20H,9-10,15-17H2,1-2H3;1H. The number of likely N-dealkylation sites (N-methyl/N-ethyl adjacent to an activating group) is 1. The molecule has 5 heteroatoms. The van der Waals surface area contributed by atoms with Gasteiger partial charge in [-0.1, -0.05) is 60.7 Å². The van der Waals surface area contributed by atoms with Gasteiger partial charge >= 0.3 is 5.97 Å². The van der Waals surface area contributed by atoms with Crippen LogP contribution in [0.25, 0.3) is 0 Å². The van der Waals surface area contributed by atoms with Gasteiger partial charge in [-0.05, 0) is 24.0 Å². The Bertz CT molecular complexity index is 669. The van der Waals surface area contributed by atoms with Crippen LogP contribution in [0.5, 0.6) is 0 Å². The summed E-state index contributed by atoms with van der Waals surface area (Å²) in [6, 6.07) is 19.5. The first-order chi connectivity index (χ1) is 12.7. The minimum atomic E-state index is -1.24. The molecular formula is C22H28ClNO3. The highest BCUT2D eigenvalue weighted by Crippen LogP contribution is 2.34. The summed E-state index contributed by atoms with van der Waals surface area (Å²) in [6.45, 7) is 1.56. The lowest BCUT2D eigenvalue weighted by atomic mass is 9.86. The molecule has 0 radical (unpaired) electrons. The van der Waals surface area contributed by atoms with Gasteiger partial charge in [-0.25, -0.2) is 4.79 Å². The zero-order valence-electron chi connectivity index (χ0n) is 16.0. The molecule has 2 unspecified atom stereocenters. The van der Waals surface area contributed by atoms with E-state index in [1.165, 1.54) is 17.7 Å². The fraction of sp³-hybridized carbons (Fsp3) is 0.409. The SMILES string of the molecule is COC(C(=O)OCC1CCCC[NH+]1C)(c1ccccc1)c1ccccc1.[Cl-]. The number of quaternary nitrogens is 1. The van der Waals surface area contributed by atoms with E-state index in [2.05, 4.69) is 7.05 Å². The van der Waals surface area contributed by atoms with Gasteiger partial charge in [-0.3, -0.25) is 0 Å². The van der Waals surface area contributed by atoms with Crippen molar-refractivity contribution in [2.45, 2.75) is 30.9 Å². The number of carbonyl (C=O) groups is 1. The number of esters is 1. The molecule has 0 aliphatic carbocycles. The highest BCUT2D eigenvalue weighted by Gasteiger charge is 2.44. The molecule has 2 aromatic rings. The maximum absolute atomic E-state index is 13.3. The minimum absolute atomic E-state index is 0. The summed E-state index contributed by atoms with van der Waals surface area (Å²) in [4.78, 5) is 14.7. The molecule has 1 saturated heterocycles. The van der Waals surface area contributed by atoms with E-state index in [1.807, 2.05) is 60.7 Å². The average Bonchev–Trinajstić information content (AvgIpc) is 2.70. The van der Waals surface area contributed by atoms with Crippen LogP contribution in [0.2, 0.25) is 0 Å². The van der Waals surface area contributed by atoms with Gasteiger partial charge in [0.15, 0.2) is 0 Å². The van der Waals surface area contributed by atoms with Crippen molar-refractivity contribution in [3.05, 3.63) is 71.8 Å². The molecule has 0 amide bonds. The van der Waals surface area contributed by atoms with E-state index in [-0.39, 0.29) is 18.4 Å². The van der Waals surface area contributed by atoms with E-state index in [9.17, 15) is 4.79 Å². The largest absolute Gasteiger partial charge is 1.00 e. The van der Waals surface area contributed by atoms with Crippen LogP contribution in [0, 0.1) is 0 Å². The number of carbonyl (C=O) groups excluding carboxylic acids is 1. The molecule has 1 aliphatic rings. The fourth-order valence-electron chi connectivity index (χ4n) is 3.82. The van der Waals surface area contributed by atoms with E-state index < -0.39 is 5.60 Å². The topological polar surface area (TPSA) is 40.0 Å². The lowest BCUT2D eigenvalue weighted by Gasteiger charge is -2.33. The zero-order valence-corrected chi connectivity index (χ0v) is 16.7. The molecule has 1 heterocycles. The number of rotatable bonds is 6. The summed E-state index contributed by atoms with van der Waals surface area (Å²) in [5, 5.41) is 0. The third kappa shape index (κ3) is 4.52. The number of piperidine rings is 1. The lowest BCUT2D eigenvalue weighted by Crippen LogP contribution is -3.14. The van der Waals surface area contributed by atoms with E-state index >= 15 is 0 Å². The minimum Gasteiger partial charge on any atom is -1.00 e. The van der Waals surface area contributed by atoms with Crippen molar-refractivity contribution in [2.24, 2.45) is 0 Å². The number of ether oxygens (including phenoxy) is 2. The Labute approximate surface area is 167 Å². The molecule has 0 spiro atoms. The number of hydrogen-bond donors (Lipinski definition) is 1. The Hall–Kier alpha value is -1.88. The van der Waals surface area contributed by atoms with Crippen molar-refractivity contribution in [1.82, 2.24) is 0 Å². The molecular weight excluding hydrogens is 362 g/mol. The summed E-state index contributed by atoms with van der Waals surface area (Å²) < 4.78 is 11.7. The number of halogens is 1. The van der Waals surface area contributed by atoms with Crippen LogP contribution < -0.4 is 17.3 Å².